The predicted molar refractivity (Wildman–Crippen MR) is 80.5 cm³/mol. The lowest BCUT2D eigenvalue weighted by atomic mass is 10.1. The van der Waals surface area contributed by atoms with Gasteiger partial charge in [0.1, 0.15) is 0 Å². The highest BCUT2D eigenvalue weighted by molar-refractivity contribution is 7.98. The third-order valence-corrected chi connectivity index (χ3v) is 3.73. The molecule has 19 heavy (non-hydrogen) atoms. The number of rotatable bonds is 8. The number of hydrogen-bond donors (Lipinski definition) is 2. The lowest BCUT2D eigenvalue weighted by molar-refractivity contribution is 0.338. The number of nitrogens with one attached hydrogen (secondary N) is 1. The topological polar surface area (TPSA) is 50.7 Å². The van der Waals surface area contributed by atoms with Crippen molar-refractivity contribution in [3.05, 3.63) is 17.7 Å². The van der Waals surface area contributed by atoms with Crippen molar-refractivity contribution >= 4 is 11.8 Å². The van der Waals surface area contributed by atoms with Crippen LogP contribution in [0.3, 0.4) is 0 Å². The highest BCUT2D eigenvalue weighted by atomic mass is 32.2. The summed E-state index contributed by atoms with van der Waals surface area (Å²) >= 11 is 1.84. The van der Waals surface area contributed by atoms with Crippen molar-refractivity contribution < 1.29 is 14.6 Å². The number of aromatic hydroxyl groups is 1. The average molecular weight is 285 g/mol. The molecule has 1 unspecified atom stereocenters. The molecule has 0 bridgehead atoms. The summed E-state index contributed by atoms with van der Waals surface area (Å²) in [5, 5.41) is 13.3. The summed E-state index contributed by atoms with van der Waals surface area (Å²) in [6.45, 7) is 2.90. The first-order chi connectivity index (χ1) is 9.15. The van der Waals surface area contributed by atoms with Crippen molar-refractivity contribution in [2.75, 3.05) is 26.2 Å². The monoisotopic (exact) mass is 285 g/mol. The molecule has 1 rings (SSSR count). The normalized spacial score (nSPS) is 12.2. The van der Waals surface area contributed by atoms with Crippen LogP contribution >= 0.6 is 11.8 Å². The van der Waals surface area contributed by atoms with Gasteiger partial charge < -0.3 is 19.9 Å². The van der Waals surface area contributed by atoms with Crippen LogP contribution in [0.4, 0.5) is 0 Å². The number of benzene rings is 1. The molecule has 108 valence electrons. The summed E-state index contributed by atoms with van der Waals surface area (Å²) in [6, 6.07) is 4.15. The molecule has 0 saturated carbocycles. The summed E-state index contributed by atoms with van der Waals surface area (Å²) in [4.78, 5) is 0. The third kappa shape index (κ3) is 4.51. The summed E-state index contributed by atoms with van der Waals surface area (Å²) in [5.41, 5.74) is 1.03. The maximum absolute atomic E-state index is 9.85. The number of ether oxygens (including phenoxy) is 2. The smallest absolute Gasteiger partial charge is 0.200 e. The standard InChI is InChI=1S/C14H23NO3S/c1-5-11(9-19-4)15-8-10-6-12(17-2)14(16)13(7-10)18-3/h6-7,11,15-16H,5,8-9H2,1-4H3. The second-order valence-electron chi connectivity index (χ2n) is 4.29. The van der Waals surface area contributed by atoms with Crippen LogP contribution in [0.1, 0.15) is 18.9 Å². The number of phenols is 1. The Labute approximate surface area is 119 Å². The predicted octanol–water partition coefficient (Wildman–Crippen LogP) is 2.64. The highest BCUT2D eigenvalue weighted by Gasteiger charge is 2.12. The number of phenolic OH excluding ortho intramolecular Hbond substituents is 1. The van der Waals surface area contributed by atoms with Gasteiger partial charge in [0.2, 0.25) is 5.75 Å². The second-order valence-corrected chi connectivity index (χ2v) is 5.20. The Bertz CT molecular complexity index is 373. The molecule has 0 aromatic heterocycles. The fraction of sp³-hybridized carbons (Fsp3) is 0.571. The molecule has 4 nitrogen and oxygen atoms in total. The second kappa shape index (κ2) is 8.17. The Balaban J connectivity index is 2.77. The van der Waals surface area contributed by atoms with E-state index < -0.39 is 0 Å². The molecule has 0 radical (unpaired) electrons. The molecule has 1 atom stereocenters. The molecule has 0 saturated heterocycles. The minimum Gasteiger partial charge on any atom is -0.502 e. The highest BCUT2D eigenvalue weighted by Crippen LogP contribution is 2.37. The van der Waals surface area contributed by atoms with Crippen molar-refractivity contribution in [1.82, 2.24) is 5.32 Å². The number of methoxy groups -OCH3 is 2. The van der Waals surface area contributed by atoms with Crippen LogP contribution in [-0.4, -0.2) is 37.4 Å². The minimum absolute atomic E-state index is 0.0462. The number of hydrogen-bond acceptors (Lipinski definition) is 5. The van der Waals surface area contributed by atoms with Crippen LogP contribution in [-0.2, 0) is 6.54 Å². The van der Waals surface area contributed by atoms with Crippen molar-refractivity contribution in [2.24, 2.45) is 0 Å². The molecule has 5 heteroatoms. The Morgan fingerprint density at radius 2 is 1.84 bits per heavy atom. The number of thioether (sulfide) groups is 1. The molecule has 0 spiro atoms. The van der Waals surface area contributed by atoms with Crippen LogP contribution in [0.15, 0.2) is 12.1 Å². The van der Waals surface area contributed by atoms with Gasteiger partial charge in [-0.2, -0.15) is 11.8 Å². The maximum Gasteiger partial charge on any atom is 0.200 e. The lowest BCUT2D eigenvalue weighted by Gasteiger charge is -2.17. The Kier molecular flexibility index (Phi) is 6.87. The van der Waals surface area contributed by atoms with Gasteiger partial charge in [0.05, 0.1) is 14.2 Å². The van der Waals surface area contributed by atoms with Gasteiger partial charge in [-0.15, -0.1) is 0 Å². The van der Waals surface area contributed by atoms with Gasteiger partial charge in [0, 0.05) is 18.3 Å². The van der Waals surface area contributed by atoms with Crippen molar-refractivity contribution in [3.8, 4) is 17.2 Å². The molecule has 2 N–H and O–H groups in total. The van der Waals surface area contributed by atoms with Gasteiger partial charge in [-0.1, -0.05) is 6.92 Å². The van der Waals surface area contributed by atoms with E-state index in [-0.39, 0.29) is 5.75 Å². The van der Waals surface area contributed by atoms with E-state index in [1.54, 1.807) is 0 Å². The van der Waals surface area contributed by atoms with Crippen LogP contribution in [0, 0.1) is 0 Å². The first-order valence-corrected chi connectivity index (χ1v) is 7.71. The van der Waals surface area contributed by atoms with Gasteiger partial charge >= 0.3 is 0 Å². The summed E-state index contributed by atoms with van der Waals surface area (Å²) in [6.07, 6.45) is 3.20. The molecule has 0 heterocycles. The average Bonchev–Trinajstić information content (AvgIpc) is 2.44. The van der Waals surface area contributed by atoms with Crippen LogP contribution in [0.2, 0.25) is 0 Å². The quantitative estimate of drug-likeness (QED) is 0.769. The summed E-state index contributed by atoms with van der Waals surface area (Å²) < 4.78 is 10.3. The van der Waals surface area contributed by atoms with Gasteiger partial charge in [-0.05, 0) is 30.4 Å². The van der Waals surface area contributed by atoms with Gasteiger partial charge in [-0.3, -0.25) is 0 Å². The SMILES string of the molecule is CCC(CSC)NCc1cc(OC)c(O)c(OC)c1. The maximum atomic E-state index is 9.85. The fourth-order valence-corrected chi connectivity index (χ4v) is 2.59. The van der Waals surface area contributed by atoms with E-state index in [4.69, 9.17) is 9.47 Å². The van der Waals surface area contributed by atoms with Crippen LogP contribution in [0.5, 0.6) is 17.2 Å². The molecular formula is C14H23NO3S. The third-order valence-electron chi connectivity index (χ3n) is 3.00. The van der Waals surface area contributed by atoms with Gasteiger partial charge in [0.25, 0.3) is 0 Å². The zero-order valence-corrected chi connectivity index (χ0v) is 12.8. The van der Waals surface area contributed by atoms with Gasteiger partial charge in [0.15, 0.2) is 11.5 Å². The Morgan fingerprint density at radius 1 is 1.26 bits per heavy atom. The largest absolute Gasteiger partial charge is 0.502 e. The molecular weight excluding hydrogens is 262 g/mol. The van der Waals surface area contributed by atoms with E-state index in [0.29, 0.717) is 17.5 Å². The van der Waals surface area contributed by atoms with E-state index in [2.05, 4.69) is 18.5 Å². The van der Waals surface area contributed by atoms with Crippen LogP contribution < -0.4 is 14.8 Å². The van der Waals surface area contributed by atoms with Crippen molar-refractivity contribution in [2.45, 2.75) is 25.9 Å². The summed E-state index contributed by atoms with van der Waals surface area (Å²) in [7, 11) is 3.07. The fourth-order valence-electron chi connectivity index (χ4n) is 1.83. The van der Waals surface area contributed by atoms with E-state index >= 15 is 0 Å². The Morgan fingerprint density at radius 3 is 2.26 bits per heavy atom. The van der Waals surface area contributed by atoms with Crippen LogP contribution in [0.25, 0.3) is 0 Å². The van der Waals surface area contributed by atoms with Gasteiger partial charge in [-0.25, -0.2) is 0 Å². The lowest BCUT2D eigenvalue weighted by Crippen LogP contribution is -2.30. The minimum atomic E-state index is 0.0462. The van der Waals surface area contributed by atoms with E-state index in [9.17, 15) is 5.11 Å². The molecule has 0 amide bonds. The Hall–Kier alpha value is -1.07. The first kappa shape index (κ1) is 16.0. The van der Waals surface area contributed by atoms with Crippen molar-refractivity contribution in [3.63, 3.8) is 0 Å². The zero-order chi connectivity index (χ0) is 14.3. The molecule has 0 fully saturated rings. The summed E-state index contributed by atoms with van der Waals surface area (Å²) in [5.74, 6) is 2.01. The molecule has 1 aromatic carbocycles. The molecule has 1 aromatic rings. The molecule has 0 aliphatic rings. The van der Waals surface area contributed by atoms with E-state index in [1.807, 2.05) is 23.9 Å². The molecule has 0 aliphatic heterocycles. The van der Waals surface area contributed by atoms with Crippen molar-refractivity contribution in [1.29, 1.82) is 0 Å². The van der Waals surface area contributed by atoms with E-state index in [0.717, 1.165) is 24.3 Å². The first-order valence-electron chi connectivity index (χ1n) is 6.32. The van der Waals surface area contributed by atoms with E-state index in [1.165, 1.54) is 14.2 Å². The molecule has 0 aliphatic carbocycles. The zero-order valence-electron chi connectivity index (χ0n) is 12.0.